The van der Waals surface area contributed by atoms with Crippen LogP contribution < -0.4 is 16.0 Å². The first-order valence-electron chi connectivity index (χ1n) is 12.9. The van der Waals surface area contributed by atoms with Gasteiger partial charge in [0, 0.05) is 26.7 Å². The van der Waals surface area contributed by atoms with Gasteiger partial charge in [0.2, 0.25) is 5.91 Å². The molecule has 1 atom stereocenters. The van der Waals surface area contributed by atoms with E-state index in [2.05, 4.69) is 29.8 Å². The van der Waals surface area contributed by atoms with Crippen molar-refractivity contribution in [2.45, 2.75) is 36.8 Å². The summed E-state index contributed by atoms with van der Waals surface area (Å²) in [7, 11) is 0. The Morgan fingerprint density at radius 1 is 0.775 bits per heavy atom. The zero-order valence-corrected chi connectivity index (χ0v) is 24.1. The van der Waals surface area contributed by atoms with Crippen molar-refractivity contribution in [3.8, 4) is 0 Å². The summed E-state index contributed by atoms with van der Waals surface area (Å²) in [5.74, 6) is -0.455. The predicted molar refractivity (Wildman–Crippen MR) is 166 cm³/mol. The summed E-state index contributed by atoms with van der Waals surface area (Å²) < 4.78 is 0. The Morgan fingerprint density at radius 2 is 1.43 bits per heavy atom. The first-order valence-corrected chi connectivity index (χ1v) is 14.6. The molecule has 0 fully saturated rings. The Labute approximate surface area is 242 Å². The van der Waals surface area contributed by atoms with E-state index in [1.807, 2.05) is 66.9 Å². The molecule has 0 saturated heterocycles. The molecule has 1 unspecified atom stereocenters. The van der Waals surface area contributed by atoms with Crippen LogP contribution in [0.25, 0.3) is 6.08 Å². The molecule has 0 radical (unpaired) electrons. The molecule has 4 aromatic rings. The molecule has 0 aliphatic carbocycles. The van der Waals surface area contributed by atoms with Gasteiger partial charge in [-0.05, 0) is 84.5 Å². The third kappa shape index (κ3) is 8.18. The molecule has 3 aromatic carbocycles. The lowest BCUT2D eigenvalue weighted by Crippen LogP contribution is -2.30. The molecule has 0 spiro atoms. The van der Waals surface area contributed by atoms with Crippen LogP contribution in [-0.4, -0.2) is 23.0 Å². The Kier molecular flexibility index (Phi) is 9.94. The normalized spacial score (nSPS) is 12.1. The molecule has 8 heteroatoms. The zero-order valence-electron chi connectivity index (χ0n) is 22.5. The minimum atomic E-state index is -0.436. The second-order valence-electron chi connectivity index (χ2n) is 9.40. The fourth-order valence-electron chi connectivity index (χ4n) is 3.73. The number of carbonyl (C=O) groups excluding carboxylic acids is 3. The van der Waals surface area contributed by atoms with Crippen LogP contribution in [0.4, 0.5) is 11.4 Å². The van der Waals surface area contributed by atoms with Crippen LogP contribution in [-0.2, 0) is 9.59 Å². The highest BCUT2D eigenvalue weighted by Crippen LogP contribution is 2.26. The Balaban J connectivity index is 1.37. The van der Waals surface area contributed by atoms with Gasteiger partial charge >= 0.3 is 0 Å². The van der Waals surface area contributed by atoms with Crippen LogP contribution in [0.5, 0.6) is 0 Å². The van der Waals surface area contributed by atoms with Gasteiger partial charge in [0.15, 0.2) is 0 Å². The summed E-state index contributed by atoms with van der Waals surface area (Å²) in [4.78, 5) is 40.3. The van der Waals surface area contributed by atoms with Gasteiger partial charge in [-0.1, -0.05) is 50.2 Å². The molecule has 1 aromatic heterocycles. The van der Waals surface area contributed by atoms with E-state index in [-0.39, 0.29) is 22.8 Å². The fraction of sp³-hybridized carbons (Fsp3) is 0.156. The number of hydrogen-bond acceptors (Lipinski definition) is 5. The fourth-order valence-corrected chi connectivity index (χ4v) is 5.25. The van der Waals surface area contributed by atoms with E-state index in [1.165, 1.54) is 28.7 Å². The van der Waals surface area contributed by atoms with E-state index in [1.54, 1.807) is 42.5 Å². The van der Waals surface area contributed by atoms with Crippen molar-refractivity contribution < 1.29 is 14.4 Å². The summed E-state index contributed by atoms with van der Waals surface area (Å²) >= 11 is 2.90. The largest absolute Gasteiger partial charge is 0.325 e. The number of amides is 3. The average Bonchev–Trinajstić information content (AvgIpc) is 3.47. The van der Waals surface area contributed by atoms with E-state index >= 15 is 0 Å². The van der Waals surface area contributed by atoms with Crippen molar-refractivity contribution in [3.05, 3.63) is 118 Å². The molecule has 4 rings (SSSR count). The van der Waals surface area contributed by atoms with E-state index in [4.69, 9.17) is 0 Å². The quantitative estimate of drug-likeness (QED) is 0.137. The Morgan fingerprint density at radius 3 is 2.05 bits per heavy atom. The van der Waals surface area contributed by atoms with Gasteiger partial charge in [-0.3, -0.25) is 14.4 Å². The minimum Gasteiger partial charge on any atom is -0.325 e. The molecule has 0 aliphatic heterocycles. The third-order valence-corrected chi connectivity index (χ3v) is 7.93. The van der Waals surface area contributed by atoms with Crippen LogP contribution in [0.2, 0.25) is 0 Å². The first-order chi connectivity index (χ1) is 19.3. The van der Waals surface area contributed by atoms with Crippen molar-refractivity contribution in [2.75, 3.05) is 10.6 Å². The molecule has 0 saturated carbocycles. The SMILES string of the molecule is CC(Sc1ccc(NC(=O)/C(=C/c2cccs2)NC(=O)c2ccccc2)cc1)C(=O)Nc1ccc(C(C)C)cc1. The monoisotopic (exact) mass is 569 g/mol. The van der Waals surface area contributed by atoms with Crippen molar-refractivity contribution in [1.29, 1.82) is 0 Å². The molecule has 0 bridgehead atoms. The van der Waals surface area contributed by atoms with Gasteiger partial charge in [-0.2, -0.15) is 0 Å². The minimum absolute atomic E-state index is 0.0859. The standard InChI is InChI=1S/C32H31N3O3S2/c1-21(2)23-11-13-25(14-12-23)33-30(36)22(3)40-27-17-15-26(16-18-27)34-32(38)29(20-28-10-7-19-39-28)35-31(37)24-8-5-4-6-9-24/h4-22H,1-3H3,(H,33,36)(H,34,38)(H,35,37)/b29-20-. The average molecular weight is 570 g/mol. The molecule has 1 heterocycles. The van der Waals surface area contributed by atoms with Crippen molar-refractivity contribution >= 4 is 58.3 Å². The van der Waals surface area contributed by atoms with Crippen LogP contribution in [0.3, 0.4) is 0 Å². The Hall–Kier alpha value is -4.14. The number of benzene rings is 3. The molecule has 204 valence electrons. The summed E-state index contributed by atoms with van der Waals surface area (Å²) in [6, 6.07) is 27.7. The molecule has 3 N–H and O–H groups in total. The van der Waals surface area contributed by atoms with Crippen LogP contribution >= 0.6 is 23.1 Å². The molecule has 40 heavy (non-hydrogen) atoms. The molecular weight excluding hydrogens is 539 g/mol. The topological polar surface area (TPSA) is 87.3 Å². The molecular formula is C32H31N3O3S2. The van der Waals surface area contributed by atoms with Gasteiger partial charge in [-0.25, -0.2) is 0 Å². The lowest BCUT2D eigenvalue weighted by Gasteiger charge is -2.14. The number of nitrogens with one attached hydrogen (secondary N) is 3. The van der Waals surface area contributed by atoms with Crippen molar-refractivity contribution in [1.82, 2.24) is 5.32 Å². The maximum atomic E-state index is 13.1. The van der Waals surface area contributed by atoms with E-state index in [0.717, 1.165) is 15.5 Å². The summed E-state index contributed by atoms with van der Waals surface area (Å²) in [5.41, 5.74) is 3.16. The maximum absolute atomic E-state index is 13.1. The number of carbonyl (C=O) groups is 3. The summed E-state index contributed by atoms with van der Waals surface area (Å²) in [6.45, 7) is 6.12. The number of thioether (sulfide) groups is 1. The van der Waals surface area contributed by atoms with Gasteiger partial charge in [0.05, 0.1) is 5.25 Å². The molecule has 3 amide bonds. The van der Waals surface area contributed by atoms with Gasteiger partial charge < -0.3 is 16.0 Å². The molecule has 6 nitrogen and oxygen atoms in total. The highest BCUT2D eigenvalue weighted by molar-refractivity contribution is 8.00. The number of rotatable bonds is 10. The number of anilines is 2. The lowest BCUT2D eigenvalue weighted by atomic mass is 10.0. The summed E-state index contributed by atoms with van der Waals surface area (Å²) in [6.07, 6.45) is 1.65. The highest BCUT2D eigenvalue weighted by Gasteiger charge is 2.17. The van der Waals surface area contributed by atoms with Crippen LogP contribution in [0.15, 0.2) is 107 Å². The van der Waals surface area contributed by atoms with Crippen molar-refractivity contribution in [2.24, 2.45) is 0 Å². The Bertz CT molecular complexity index is 1460. The number of hydrogen-bond donors (Lipinski definition) is 3. The first kappa shape index (κ1) is 28.9. The smallest absolute Gasteiger partial charge is 0.272 e. The van der Waals surface area contributed by atoms with Gasteiger partial charge in [-0.15, -0.1) is 23.1 Å². The second-order valence-corrected chi connectivity index (χ2v) is 11.8. The number of thiophene rings is 1. The van der Waals surface area contributed by atoms with Crippen molar-refractivity contribution in [3.63, 3.8) is 0 Å². The predicted octanol–water partition coefficient (Wildman–Crippen LogP) is 7.40. The van der Waals surface area contributed by atoms with Gasteiger partial charge in [0.25, 0.3) is 11.8 Å². The zero-order chi connectivity index (χ0) is 28.5. The summed E-state index contributed by atoms with van der Waals surface area (Å²) in [5, 5.41) is 10.1. The third-order valence-electron chi connectivity index (χ3n) is 6.00. The van der Waals surface area contributed by atoms with E-state index < -0.39 is 5.91 Å². The van der Waals surface area contributed by atoms with Gasteiger partial charge in [0.1, 0.15) is 5.70 Å². The van der Waals surface area contributed by atoms with Crippen LogP contribution in [0, 0.1) is 0 Å². The maximum Gasteiger partial charge on any atom is 0.272 e. The lowest BCUT2D eigenvalue weighted by molar-refractivity contribution is -0.115. The van der Waals surface area contributed by atoms with E-state index in [0.29, 0.717) is 17.2 Å². The second kappa shape index (κ2) is 13.8. The van der Waals surface area contributed by atoms with E-state index in [9.17, 15) is 14.4 Å². The molecule has 0 aliphatic rings. The highest BCUT2D eigenvalue weighted by atomic mass is 32.2. The van der Waals surface area contributed by atoms with Crippen LogP contribution in [0.1, 0.15) is 47.5 Å².